The normalized spacial score (nSPS) is 26.3. The number of carboxylic acid groups (broad SMARTS) is 1. The fourth-order valence-corrected chi connectivity index (χ4v) is 0.107. The summed E-state index contributed by atoms with van der Waals surface area (Å²) in [6, 6.07) is -2.56. The Kier molecular flexibility index (Phi) is 0.982. The minimum absolute atomic E-state index is 0.953. The molecule has 0 rings (SSSR count). The van der Waals surface area contributed by atoms with Crippen molar-refractivity contribution in [3.05, 3.63) is 0 Å². The molecule has 0 saturated heterocycles. The number of nitrogens with two attached hydrogens (primary N) is 1. The van der Waals surface area contributed by atoms with Crippen molar-refractivity contribution in [1.29, 1.82) is 0 Å². The van der Waals surface area contributed by atoms with Crippen LogP contribution in [-0.2, 0) is 4.79 Å². The molecule has 0 heterocycles. The van der Waals surface area contributed by atoms with Crippen molar-refractivity contribution >= 4 is 5.97 Å². The average Bonchev–Trinajstić information content (AvgIpc) is 1.62. The Balaban J connectivity index is 4.57. The van der Waals surface area contributed by atoms with Gasteiger partial charge in [0.05, 0.1) is 1.37 Å². The number of hydrogen-bond donors (Lipinski definition) is 2. The van der Waals surface area contributed by atoms with Gasteiger partial charge in [-0.1, -0.05) is 6.92 Å². The van der Waals surface area contributed by atoms with E-state index in [0.29, 0.717) is 0 Å². The van der Waals surface area contributed by atoms with Crippen molar-refractivity contribution in [3.8, 4) is 0 Å². The fourth-order valence-electron chi connectivity index (χ4n) is 0.107. The first-order valence-electron chi connectivity index (χ1n) is 3.22. The minimum atomic E-state index is -2.56. The van der Waals surface area contributed by atoms with Crippen molar-refractivity contribution in [2.24, 2.45) is 5.73 Å². The van der Waals surface area contributed by atoms with Crippen LogP contribution in [0.2, 0.25) is 0 Å². The molecule has 0 aromatic heterocycles. The third-order valence-electron chi connectivity index (χ3n) is 0.500. The van der Waals surface area contributed by atoms with Crippen LogP contribution >= 0.6 is 0 Å². The fraction of sp³-hybridized carbons (Fsp3) is 0.750. The number of aliphatic carboxylic acids is 1. The zero-order chi connectivity index (χ0) is 8.58. The number of carbonyl (C=O) groups is 1. The molecule has 3 heteroatoms. The van der Waals surface area contributed by atoms with Crippen LogP contribution < -0.4 is 5.73 Å². The van der Waals surface area contributed by atoms with Gasteiger partial charge in [-0.25, -0.2) is 0 Å². The summed E-state index contributed by atoms with van der Waals surface area (Å²) in [5, 5.41) is 8.22. The monoisotopic (exact) mass is 106 g/mol. The summed E-state index contributed by atoms with van der Waals surface area (Å²) in [6.45, 7) is 0.953. The van der Waals surface area contributed by atoms with Gasteiger partial charge in [0.2, 0.25) is 0 Å². The summed E-state index contributed by atoms with van der Waals surface area (Å²) in [7, 11) is 0. The molecule has 3 N–H and O–H groups in total. The molecule has 42 valence electrons. The Morgan fingerprint density at radius 2 is 2.86 bits per heavy atom. The van der Waals surface area contributed by atoms with Gasteiger partial charge in [-0.3, -0.25) is 4.79 Å². The molecule has 0 saturated carbocycles. The van der Waals surface area contributed by atoms with Gasteiger partial charge in [0.1, 0.15) is 6.02 Å². The van der Waals surface area contributed by atoms with E-state index in [0.717, 1.165) is 6.92 Å². The first-order chi connectivity index (χ1) is 4.19. The summed E-state index contributed by atoms with van der Waals surface area (Å²) in [5.74, 6) is -1.67. The van der Waals surface area contributed by atoms with Crippen molar-refractivity contribution < 1.29 is 14.0 Å². The second-order valence-corrected chi connectivity index (χ2v) is 0.969. The van der Waals surface area contributed by atoms with Crippen LogP contribution in [0, 0.1) is 0 Å². The van der Waals surface area contributed by atoms with E-state index in [1.165, 1.54) is 0 Å². The highest BCUT2D eigenvalue weighted by Crippen LogP contribution is 1.82. The van der Waals surface area contributed by atoms with Crippen LogP contribution in [0.25, 0.3) is 0 Å². The molecule has 0 fully saturated rings. The predicted octanol–water partition coefficient (Wildman–Crippen LogP) is -0.192. The molecule has 0 aliphatic carbocycles. The quantitative estimate of drug-likeness (QED) is 0.512. The van der Waals surface area contributed by atoms with E-state index in [2.05, 4.69) is 0 Å². The average molecular weight is 106 g/mol. The summed E-state index contributed by atoms with van der Waals surface area (Å²) < 4.78 is 20.5. The SMILES string of the molecule is [2H]C([2H])(C)C([2H])(N)C(=O)O. The number of carboxylic acids is 1. The van der Waals surface area contributed by atoms with Crippen LogP contribution in [0.3, 0.4) is 0 Å². The molecular weight excluding hydrogens is 94.0 g/mol. The molecule has 7 heavy (non-hydrogen) atoms. The Hall–Kier alpha value is -0.570. The highest BCUT2D eigenvalue weighted by molar-refractivity contribution is 5.72. The second kappa shape index (κ2) is 2.58. The Labute approximate surface area is 46.3 Å². The summed E-state index contributed by atoms with van der Waals surface area (Å²) >= 11 is 0. The van der Waals surface area contributed by atoms with Gasteiger partial charge >= 0.3 is 5.97 Å². The van der Waals surface area contributed by atoms with Crippen LogP contribution in [0.5, 0.6) is 0 Å². The van der Waals surface area contributed by atoms with E-state index in [9.17, 15) is 4.79 Å². The van der Waals surface area contributed by atoms with E-state index in [-0.39, 0.29) is 0 Å². The standard InChI is InChI=1S/C4H9NO2/c1-2-3(5)4(6)7/h3H,2,5H2,1H3,(H,6,7)/i2D2,3D. The molecule has 0 bridgehead atoms. The highest BCUT2D eigenvalue weighted by Gasteiger charge is 2.05. The molecule has 0 aliphatic rings. The van der Waals surface area contributed by atoms with Crippen LogP contribution in [0.15, 0.2) is 0 Å². The predicted molar refractivity (Wildman–Crippen MR) is 25.9 cm³/mol. The Morgan fingerprint density at radius 1 is 2.43 bits per heavy atom. The molecule has 0 aliphatic heterocycles. The maximum absolute atomic E-state index is 10.1. The first kappa shape index (κ1) is 2.67. The van der Waals surface area contributed by atoms with Gasteiger partial charge in [0.15, 0.2) is 0 Å². The minimum Gasteiger partial charge on any atom is -0.480 e. The van der Waals surface area contributed by atoms with E-state index < -0.39 is 18.4 Å². The maximum Gasteiger partial charge on any atom is 0.320 e. The topological polar surface area (TPSA) is 63.3 Å². The van der Waals surface area contributed by atoms with Crippen molar-refractivity contribution in [1.82, 2.24) is 0 Å². The zero-order valence-electron chi connectivity index (χ0n) is 6.93. The molecule has 0 spiro atoms. The van der Waals surface area contributed by atoms with Crippen LogP contribution in [-0.4, -0.2) is 17.1 Å². The zero-order valence-corrected chi connectivity index (χ0v) is 3.93. The molecule has 0 radical (unpaired) electrons. The second-order valence-electron chi connectivity index (χ2n) is 0.969. The lowest BCUT2D eigenvalue weighted by Crippen LogP contribution is -2.28. The lowest BCUT2D eigenvalue weighted by atomic mass is 10.2. The summed E-state index contributed by atoms with van der Waals surface area (Å²) in [5.41, 5.74) is 4.83. The van der Waals surface area contributed by atoms with E-state index in [1.807, 2.05) is 0 Å². The van der Waals surface area contributed by atoms with Gasteiger partial charge in [-0.15, -0.1) is 0 Å². The van der Waals surface area contributed by atoms with Gasteiger partial charge in [0.25, 0.3) is 0 Å². The summed E-state index contributed by atoms with van der Waals surface area (Å²) in [6.07, 6.45) is -2.24. The number of hydrogen-bond acceptors (Lipinski definition) is 2. The molecule has 1 unspecified atom stereocenters. The molecule has 0 aromatic carbocycles. The van der Waals surface area contributed by atoms with Gasteiger partial charge < -0.3 is 10.8 Å². The summed E-state index contributed by atoms with van der Waals surface area (Å²) in [4.78, 5) is 10.1. The van der Waals surface area contributed by atoms with Crippen LogP contribution in [0.1, 0.15) is 17.4 Å². The van der Waals surface area contributed by atoms with E-state index in [1.54, 1.807) is 0 Å². The molecule has 3 nitrogen and oxygen atoms in total. The van der Waals surface area contributed by atoms with Gasteiger partial charge in [-0.05, 0) is 6.37 Å². The molecule has 0 amide bonds. The van der Waals surface area contributed by atoms with Gasteiger partial charge in [0, 0.05) is 2.74 Å². The Morgan fingerprint density at radius 3 is 2.86 bits per heavy atom. The smallest absolute Gasteiger partial charge is 0.320 e. The lowest BCUT2D eigenvalue weighted by Gasteiger charge is -1.97. The largest absolute Gasteiger partial charge is 0.480 e. The molecule has 1 atom stereocenters. The third kappa shape index (κ3) is 2.17. The first-order valence-corrected chi connectivity index (χ1v) is 1.72. The van der Waals surface area contributed by atoms with E-state index in [4.69, 9.17) is 15.0 Å². The maximum atomic E-state index is 10.1. The third-order valence-corrected chi connectivity index (χ3v) is 0.500. The van der Waals surface area contributed by atoms with Crippen molar-refractivity contribution in [2.45, 2.75) is 19.3 Å². The van der Waals surface area contributed by atoms with Crippen molar-refractivity contribution in [2.75, 3.05) is 0 Å². The van der Waals surface area contributed by atoms with Crippen molar-refractivity contribution in [3.63, 3.8) is 0 Å². The van der Waals surface area contributed by atoms with Crippen LogP contribution in [0.4, 0.5) is 0 Å². The Bertz CT molecular complexity index is 151. The molecule has 0 aromatic rings. The molecular formula is C4H9NO2. The lowest BCUT2D eigenvalue weighted by molar-refractivity contribution is -0.138. The van der Waals surface area contributed by atoms with Gasteiger partial charge in [-0.2, -0.15) is 0 Å². The highest BCUT2D eigenvalue weighted by atomic mass is 16.4. The number of rotatable bonds is 2. The van der Waals surface area contributed by atoms with E-state index >= 15 is 0 Å².